The largest absolute Gasteiger partial charge is 0.477 e. The first-order valence-electron chi connectivity index (χ1n) is 6.12. The molecule has 2 heterocycles. The number of aromatic nitrogens is 3. The van der Waals surface area contributed by atoms with Gasteiger partial charge in [-0.1, -0.05) is 0 Å². The van der Waals surface area contributed by atoms with Crippen LogP contribution >= 0.6 is 11.3 Å². The third-order valence-electron chi connectivity index (χ3n) is 3.02. The number of carbonyl (C=O) groups excluding carboxylic acids is 1. The standard InChI is InChI=1S/C12H12N4O3S/c1-5-4-7(20-8(5)12(18)19)13-11(17)10-14-9(15-16-10)6-2-3-6/h4,6H,2-3H2,1H3,(H,13,17)(H,18,19)(H,14,15,16). The molecule has 2 aromatic heterocycles. The van der Waals surface area contributed by atoms with Crippen LogP contribution in [0.5, 0.6) is 0 Å². The van der Waals surface area contributed by atoms with E-state index >= 15 is 0 Å². The number of carbonyl (C=O) groups is 2. The molecule has 0 aromatic carbocycles. The zero-order valence-corrected chi connectivity index (χ0v) is 11.5. The van der Waals surface area contributed by atoms with E-state index in [4.69, 9.17) is 5.11 Å². The lowest BCUT2D eigenvalue weighted by molar-refractivity contribution is 0.0701. The zero-order chi connectivity index (χ0) is 14.3. The summed E-state index contributed by atoms with van der Waals surface area (Å²) in [6.07, 6.45) is 2.14. The monoisotopic (exact) mass is 292 g/mol. The molecule has 8 heteroatoms. The third-order valence-corrected chi connectivity index (χ3v) is 4.16. The molecule has 1 fully saturated rings. The second kappa shape index (κ2) is 4.71. The Hall–Kier alpha value is -2.22. The number of hydrogen-bond donors (Lipinski definition) is 3. The number of anilines is 1. The SMILES string of the molecule is Cc1cc(NC(=O)c2n[nH]c(C3CC3)n2)sc1C(=O)O. The normalized spacial score (nSPS) is 14.2. The van der Waals surface area contributed by atoms with E-state index in [1.54, 1.807) is 13.0 Å². The highest BCUT2D eigenvalue weighted by atomic mass is 32.1. The van der Waals surface area contributed by atoms with E-state index in [-0.39, 0.29) is 10.7 Å². The van der Waals surface area contributed by atoms with Crippen molar-refractivity contribution < 1.29 is 14.7 Å². The molecule has 20 heavy (non-hydrogen) atoms. The molecule has 7 nitrogen and oxygen atoms in total. The van der Waals surface area contributed by atoms with Gasteiger partial charge in [0.05, 0.1) is 5.00 Å². The second-order valence-corrected chi connectivity index (χ2v) is 5.75. The maximum Gasteiger partial charge on any atom is 0.346 e. The molecule has 0 radical (unpaired) electrons. The number of aromatic carboxylic acids is 1. The number of aromatic amines is 1. The van der Waals surface area contributed by atoms with E-state index in [1.165, 1.54) is 0 Å². The summed E-state index contributed by atoms with van der Waals surface area (Å²) in [6, 6.07) is 1.63. The Bertz CT molecular complexity index is 687. The van der Waals surface area contributed by atoms with Crippen molar-refractivity contribution in [2.24, 2.45) is 0 Å². The van der Waals surface area contributed by atoms with Crippen molar-refractivity contribution in [3.05, 3.63) is 28.2 Å². The van der Waals surface area contributed by atoms with Gasteiger partial charge in [-0.2, -0.15) is 0 Å². The van der Waals surface area contributed by atoms with Crippen LogP contribution in [0.25, 0.3) is 0 Å². The van der Waals surface area contributed by atoms with Crippen LogP contribution in [0.4, 0.5) is 5.00 Å². The maximum absolute atomic E-state index is 12.0. The highest BCUT2D eigenvalue weighted by Crippen LogP contribution is 2.37. The summed E-state index contributed by atoms with van der Waals surface area (Å²) < 4.78 is 0. The van der Waals surface area contributed by atoms with Crippen molar-refractivity contribution in [2.45, 2.75) is 25.7 Å². The number of nitrogens with one attached hydrogen (secondary N) is 2. The summed E-state index contributed by atoms with van der Waals surface area (Å²) in [6.45, 7) is 1.69. The molecule has 0 unspecified atom stereocenters. The molecular weight excluding hydrogens is 280 g/mol. The van der Waals surface area contributed by atoms with Crippen molar-refractivity contribution in [1.29, 1.82) is 0 Å². The van der Waals surface area contributed by atoms with E-state index in [0.29, 0.717) is 16.5 Å². The first-order valence-corrected chi connectivity index (χ1v) is 6.93. The average Bonchev–Trinajstić information content (AvgIpc) is 2.99. The molecule has 3 rings (SSSR count). The minimum Gasteiger partial charge on any atom is -0.477 e. The van der Waals surface area contributed by atoms with Gasteiger partial charge < -0.3 is 10.4 Å². The van der Waals surface area contributed by atoms with Crippen molar-refractivity contribution in [1.82, 2.24) is 15.2 Å². The summed E-state index contributed by atoms with van der Waals surface area (Å²) in [5.41, 5.74) is 0.617. The molecule has 1 aliphatic rings. The number of H-pyrrole nitrogens is 1. The van der Waals surface area contributed by atoms with Gasteiger partial charge in [0.2, 0.25) is 5.82 Å². The summed E-state index contributed by atoms with van der Waals surface area (Å²) >= 11 is 1.02. The number of thiophene rings is 1. The zero-order valence-electron chi connectivity index (χ0n) is 10.6. The van der Waals surface area contributed by atoms with Crippen molar-refractivity contribution >= 4 is 28.2 Å². The highest BCUT2D eigenvalue weighted by molar-refractivity contribution is 7.18. The van der Waals surface area contributed by atoms with Crippen LogP contribution in [0.1, 0.15) is 50.4 Å². The summed E-state index contributed by atoms with van der Waals surface area (Å²) in [4.78, 5) is 27.3. The van der Waals surface area contributed by atoms with Gasteiger partial charge in [-0.25, -0.2) is 9.78 Å². The fourth-order valence-electron chi connectivity index (χ4n) is 1.84. The second-order valence-electron chi connectivity index (χ2n) is 4.70. The number of rotatable bonds is 4. The molecule has 104 valence electrons. The number of aryl methyl sites for hydroxylation is 1. The van der Waals surface area contributed by atoms with E-state index in [2.05, 4.69) is 20.5 Å². The lowest BCUT2D eigenvalue weighted by Crippen LogP contribution is -2.12. The summed E-state index contributed by atoms with van der Waals surface area (Å²) in [7, 11) is 0. The fraction of sp³-hybridized carbons (Fsp3) is 0.333. The molecule has 0 spiro atoms. The van der Waals surface area contributed by atoms with Gasteiger partial charge in [-0.3, -0.25) is 9.89 Å². The van der Waals surface area contributed by atoms with Crippen LogP contribution in [-0.2, 0) is 0 Å². The van der Waals surface area contributed by atoms with Gasteiger partial charge in [0, 0.05) is 5.92 Å². The van der Waals surface area contributed by atoms with Gasteiger partial charge in [0.15, 0.2) is 0 Å². The van der Waals surface area contributed by atoms with Gasteiger partial charge in [-0.15, -0.1) is 16.4 Å². The van der Waals surface area contributed by atoms with Crippen LogP contribution in [0.15, 0.2) is 6.07 Å². The van der Waals surface area contributed by atoms with Crippen LogP contribution < -0.4 is 5.32 Å². The van der Waals surface area contributed by atoms with Gasteiger partial charge >= 0.3 is 5.97 Å². The quantitative estimate of drug-likeness (QED) is 0.798. The Morgan fingerprint density at radius 3 is 2.85 bits per heavy atom. The summed E-state index contributed by atoms with van der Waals surface area (Å²) in [5, 5.41) is 18.7. The fourth-order valence-corrected chi connectivity index (χ4v) is 2.75. The Balaban J connectivity index is 1.74. The van der Waals surface area contributed by atoms with Crippen molar-refractivity contribution in [3.63, 3.8) is 0 Å². The molecule has 0 saturated heterocycles. The molecule has 0 atom stereocenters. The van der Waals surface area contributed by atoms with Gasteiger partial charge in [-0.05, 0) is 31.4 Å². The van der Waals surface area contributed by atoms with Crippen LogP contribution in [-0.4, -0.2) is 32.2 Å². The molecular formula is C12H12N4O3S. The van der Waals surface area contributed by atoms with E-state index in [9.17, 15) is 9.59 Å². The lowest BCUT2D eigenvalue weighted by Gasteiger charge is -1.96. The van der Waals surface area contributed by atoms with Gasteiger partial charge in [0.25, 0.3) is 5.91 Å². The van der Waals surface area contributed by atoms with E-state index in [0.717, 1.165) is 30.0 Å². The first kappa shape index (κ1) is 12.8. The Kier molecular flexibility index (Phi) is 3.01. The number of hydrogen-bond acceptors (Lipinski definition) is 5. The molecule has 1 saturated carbocycles. The predicted molar refractivity (Wildman–Crippen MR) is 72.3 cm³/mol. The van der Waals surface area contributed by atoms with E-state index < -0.39 is 11.9 Å². The summed E-state index contributed by atoms with van der Waals surface area (Å²) in [5.74, 6) is -0.224. The number of amides is 1. The highest BCUT2D eigenvalue weighted by Gasteiger charge is 2.28. The van der Waals surface area contributed by atoms with Crippen LogP contribution in [0.3, 0.4) is 0 Å². The third kappa shape index (κ3) is 2.42. The lowest BCUT2D eigenvalue weighted by atomic mass is 10.3. The molecule has 0 bridgehead atoms. The maximum atomic E-state index is 12.0. The number of carboxylic acids is 1. The number of nitrogens with zero attached hydrogens (tertiary/aromatic N) is 2. The molecule has 1 aliphatic carbocycles. The predicted octanol–water partition coefficient (Wildman–Crippen LogP) is 2.00. The van der Waals surface area contributed by atoms with Crippen LogP contribution in [0, 0.1) is 6.92 Å². The van der Waals surface area contributed by atoms with Crippen molar-refractivity contribution in [3.8, 4) is 0 Å². The van der Waals surface area contributed by atoms with E-state index in [1.807, 2.05) is 0 Å². The molecule has 3 N–H and O–H groups in total. The topological polar surface area (TPSA) is 108 Å². The van der Waals surface area contributed by atoms with Crippen LogP contribution in [0.2, 0.25) is 0 Å². The Morgan fingerprint density at radius 2 is 2.25 bits per heavy atom. The smallest absolute Gasteiger partial charge is 0.346 e. The van der Waals surface area contributed by atoms with Gasteiger partial charge in [0.1, 0.15) is 10.7 Å². The molecule has 1 amide bonds. The molecule has 0 aliphatic heterocycles. The Labute approximate surface area is 118 Å². The molecule has 2 aromatic rings. The first-order chi connectivity index (χ1) is 9.54. The Morgan fingerprint density at radius 1 is 1.50 bits per heavy atom. The minimum atomic E-state index is -0.998. The minimum absolute atomic E-state index is 0.0785. The van der Waals surface area contributed by atoms with Crippen molar-refractivity contribution in [2.75, 3.05) is 5.32 Å². The number of carboxylic acid groups (broad SMARTS) is 1. The average molecular weight is 292 g/mol.